The van der Waals surface area contributed by atoms with Crippen LogP contribution in [0.25, 0.3) is 0 Å². The van der Waals surface area contributed by atoms with E-state index in [0.29, 0.717) is 11.7 Å². The summed E-state index contributed by atoms with van der Waals surface area (Å²) in [6.07, 6.45) is 2.39. The summed E-state index contributed by atoms with van der Waals surface area (Å²) in [5, 5.41) is 0. The first-order valence-electron chi connectivity index (χ1n) is 5.27. The summed E-state index contributed by atoms with van der Waals surface area (Å²) < 4.78 is 5.09. The highest BCUT2D eigenvalue weighted by molar-refractivity contribution is 5.91. The van der Waals surface area contributed by atoms with E-state index in [1.54, 1.807) is 12.1 Å². The second kappa shape index (κ2) is 5.37. The predicted octanol–water partition coefficient (Wildman–Crippen LogP) is 1.51. The fourth-order valence-electron chi connectivity index (χ4n) is 1.90. The van der Waals surface area contributed by atoms with E-state index < -0.39 is 0 Å². The van der Waals surface area contributed by atoms with Crippen molar-refractivity contribution in [2.75, 3.05) is 13.1 Å². The average Bonchev–Trinajstić information content (AvgIpc) is 2.74. The zero-order valence-electron chi connectivity index (χ0n) is 9.26. The zero-order chi connectivity index (χ0) is 10.8. The van der Waals surface area contributed by atoms with Gasteiger partial charge in [-0.1, -0.05) is 6.92 Å². The van der Waals surface area contributed by atoms with E-state index in [4.69, 9.17) is 10.2 Å². The van der Waals surface area contributed by atoms with Gasteiger partial charge in [-0.05, 0) is 24.5 Å². The SMILES string of the molecule is CC1CN(C(=O)c2ccco2)CCC1N.Cl. The maximum absolute atomic E-state index is 11.9. The number of carbonyl (C=O) groups is 1. The van der Waals surface area contributed by atoms with Gasteiger partial charge in [-0.2, -0.15) is 0 Å². The number of nitrogens with zero attached hydrogens (tertiary/aromatic N) is 1. The Morgan fingerprint density at radius 2 is 2.38 bits per heavy atom. The van der Waals surface area contributed by atoms with Crippen molar-refractivity contribution in [2.24, 2.45) is 11.7 Å². The number of rotatable bonds is 1. The Bertz CT molecular complexity index is 340. The molecule has 2 N–H and O–H groups in total. The molecule has 1 aliphatic heterocycles. The lowest BCUT2D eigenvalue weighted by atomic mass is 9.95. The van der Waals surface area contributed by atoms with Crippen LogP contribution >= 0.6 is 12.4 Å². The van der Waals surface area contributed by atoms with E-state index in [2.05, 4.69) is 6.92 Å². The molecule has 0 aromatic carbocycles. The molecule has 2 atom stereocenters. The fourth-order valence-corrected chi connectivity index (χ4v) is 1.90. The monoisotopic (exact) mass is 244 g/mol. The molecule has 2 rings (SSSR count). The van der Waals surface area contributed by atoms with Crippen molar-refractivity contribution in [3.8, 4) is 0 Å². The largest absolute Gasteiger partial charge is 0.459 e. The van der Waals surface area contributed by atoms with Crippen molar-refractivity contribution >= 4 is 18.3 Å². The van der Waals surface area contributed by atoms with Gasteiger partial charge in [0.25, 0.3) is 5.91 Å². The van der Waals surface area contributed by atoms with E-state index in [1.807, 2.05) is 4.90 Å². The number of hydrogen-bond donors (Lipinski definition) is 1. The highest BCUT2D eigenvalue weighted by Crippen LogP contribution is 2.17. The lowest BCUT2D eigenvalue weighted by Crippen LogP contribution is -2.48. The Morgan fingerprint density at radius 1 is 1.62 bits per heavy atom. The van der Waals surface area contributed by atoms with Crippen LogP contribution in [0.2, 0.25) is 0 Å². The standard InChI is InChI=1S/C11H16N2O2.ClH/c1-8-7-13(5-4-9(8)12)11(14)10-3-2-6-15-10;/h2-3,6,8-9H,4-5,7,12H2,1H3;1H. The van der Waals surface area contributed by atoms with Crippen molar-refractivity contribution < 1.29 is 9.21 Å². The fraction of sp³-hybridized carbons (Fsp3) is 0.545. The molecule has 1 fully saturated rings. The van der Waals surface area contributed by atoms with E-state index in [1.165, 1.54) is 6.26 Å². The van der Waals surface area contributed by atoms with Crippen LogP contribution < -0.4 is 5.73 Å². The summed E-state index contributed by atoms with van der Waals surface area (Å²) >= 11 is 0. The molecule has 4 nitrogen and oxygen atoms in total. The van der Waals surface area contributed by atoms with Gasteiger partial charge in [0.2, 0.25) is 0 Å². The van der Waals surface area contributed by atoms with Gasteiger partial charge in [-0.15, -0.1) is 12.4 Å². The molecule has 5 heteroatoms. The maximum atomic E-state index is 11.9. The molecule has 1 aromatic heterocycles. The van der Waals surface area contributed by atoms with Crippen molar-refractivity contribution in [1.82, 2.24) is 4.90 Å². The van der Waals surface area contributed by atoms with Crippen molar-refractivity contribution in [3.05, 3.63) is 24.2 Å². The van der Waals surface area contributed by atoms with Crippen molar-refractivity contribution in [3.63, 3.8) is 0 Å². The maximum Gasteiger partial charge on any atom is 0.289 e. The van der Waals surface area contributed by atoms with Crippen LogP contribution in [0.15, 0.2) is 22.8 Å². The van der Waals surface area contributed by atoms with E-state index in [9.17, 15) is 4.79 Å². The Hall–Kier alpha value is -1.00. The van der Waals surface area contributed by atoms with Crippen LogP contribution in [0.4, 0.5) is 0 Å². The Balaban J connectivity index is 0.00000128. The molecule has 90 valence electrons. The first-order chi connectivity index (χ1) is 7.18. The van der Waals surface area contributed by atoms with Crippen LogP contribution in [-0.4, -0.2) is 29.9 Å². The van der Waals surface area contributed by atoms with Gasteiger partial charge in [0.05, 0.1) is 6.26 Å². The lowest BCUT2D eigenvalue weighted by Gasteiger charge is -2.34. The number of nitrogens with two attached hydrogens (primary N) is 1. The number of amides is 1. The molecule has 0 aliphatic carbocycles. The number of hydrogen-bond acceptors (Lipinski definition) is 3. The minimum atomic E-state index is -0.0289. The zero-order valence-corrected chi connectivity index (χ0v) is 10.1. The highest BCUT2D eigenvalue weighted by atomic mass is 35.5. The molecule has 2 unspecified atom stereocenters. The number of piperidine rings is 1. The lowest BCUT2D eigenvalue weighted by molar-refractivity contribution is 0.0632. The van der Waals surface area contributed by atoms with Gasteiger partial charge < -0.3 is 15.1 Å². The third-order valence-electron chi connectivity index (χ3n) is 2.99. The number of furan rings is 1. The third-order valence-corrected chi connectivity index (χ3v) is 2.99. The second-order valence-electron chi connectivity index (χ2n) is 4.16. The van der Waals surface area contributed by atoms with Gasteiger partial charge in [-0.25, -0.2) is 0 Å². The molecule has 0 bridgehead atoms. The third kappa shape index (κ3) is 2.57. The first-order valence-corrected chi connectivity index (χ1v) is 5.27. The summed E-state index contributed by atoms with van der Waals surface area (Å²) in [6, 6.07) is 3.64. The highest BCUT2D eigenvalue weighted by Gasteiger charge is 2.27. The predicted molar refractivity (Wildman–Crippen MR) is 63.6 cm³/mol. The average molecular weight is 245 g/mol. The van der Waals surface area contributed by atoms with E-state index in [0.717, 1.165) is 19.5 Å². The van der Waals surface area contributed by atoms with Crippen LogP contribution in [0.1, 0.15) is 23.9 Å². The number of likely N-dealkylation sites (tertiary alicyclic amines) is 1. The quantitative estimate of drug-likeness (QED) is 0.815. The topological polar surface area (TPSA) is 59.5 Å². The van der Waals surface area contributed by atoms with Crippen molar-refractivity contribution in [1.29, 1.82) is 0 Å². The van der Waals surface area contributed by atoms with Gasteiger partial charge >= 0.3 is 0 Å². The van der Waals surface area contributed by atoms with Crippen LogP contribution in [0, 0.1) is 5.92 Å². The van der Waals surface area contributed by atoms with Crippen LogP contribution in [-0.2, 0) is 0 Å². The smallest absolute Gasteiger partial charge is 0.289 e. The van der Waals surface area contributed by atoms with E-state index in [-0.39, 0.29) is 24.4 Å². The first kappa shape index (κ1) is 13.1. The molecule has 1 amide bonds. The molecule has 0 spiro atoms. The summed E-state index contributed by atoms with van der Waals surface area (Å²) in [7, 11) is 0. The second-order valence-corrected chi connectivity index (χ2v) is 4.16. The Labute approximate surface area is 101 Å². The summed E-state index contributed by atoms with van der Waals surface area (Å²) in [5.41, 5.74) is 5.90. The molecule has 1 aliphatic rings. The molecular weight excluding hydrogens is 228 g/mol. The molecule has 16 heavy (non-hydrogen) atoms. The molecule has 0 saturated carbocycles. The number of halogens is 1. The summed E-state index contributed by atoms with van der Waals surface area (Å²) in [4.78, 5) is 13.7. The van der Waals surface area contributed by atoms with Gasteiger partial charge in [0, 0.05) is 19.1 Å². The van der Waals surface area contributed by atoms with Gasteiger partial charge in [0.1, 0.15) is 0 Å². The molecule has 1 aromatic rings. The van der Waals surface area contributed by atoms with Gasteiger partial charge in [0.15, 0.2) is 5.76 Å². The molecular formula is C11H17ClN2O2. The Morgan fingerprint density at radius 3 is 2.94 bits per heavy atom. The van der Waals surface area contributed by atoms with E-state index >= 15 is 0 Å². The normalized spacial score (nSPS) is 25.0. The minimum absolute atomic E-state index is 0. The van der Waals surface area contributed by atoms with Crippen LogP contribution in [0.3, 0.4) is 0 Å². The summed E-state index contributed by atoms with van der Waals surface area (Å²) in [6.45, 7) is 3.53. The molecule has 2 heterocycles. The molecule has 0 radical (unpaired) electrons. The van der Waals surface area contributed by atoms with Gasteiger partial charge in [-0.3, -0.25) is 4.79 Å². The summed E-state index contributed by atoms with van der Waals surface area (Å²) in [5.74, 6) is 0.745. The Kier molecular flexibility index (Phi) is 4.38. The minimum Gasteiger partial charge on any atom is -0.459 e. The van der Waals surface area contributed by atoms with Crippen LogP contribution in [0.5, 0.6) is 0 Å². The van der Waals surface area contributed by atoms with Crippen molar-refractivity contribution in [2.45, 2.75) is 19.4 Å². The number of carbonyl (C=O) groups excluding carboxylic acids is 1. The molecule has 1 saturated heterocycles.